The molecule has 82 valence electrons. The third kappa shape index (κ3) is 2.02. The van der Waals surface area contributed by atoms with Crippen LogP contribution in [0, 0.1) is 25.4 Å². The van der Waals surface area contributed by atoms with Gasteiger partial charge in [0.1, 0.15) is 10.5 Å². The van der Waals surface area contributed by atoms with E-state index in [2.05, 4.69) is 21.0 Å². The van der Waals surface area contributed by atoms with Crippen LogP contribution in [0.1, 0.15) is 17.0 Å². The topological polar surface area (TPSA) is 41.6 Å². The fourth-order valence-corrected chi connectivity index (χ4v) is 1.87. The third-order valence-corrected chi connectivity index (χ3v) is 2.83. The van der Waals surface area contributed by atoms with E-state index in [1.807, 2.05) is 33.2 Å². The first kappa shape index (κ1) is 11.0. The second-order valence-corrected chi connectivity index (χ2v) is 4.27. The Balaban J connectivity index is 2.69. The van der Waals surface area contributed by atoms with E-state index < -0.39 is 0 Å². The van der Waals surface area contributed by atoms with Crippen LogP contribution in [0.2, 0.25) is 0 Å². The first-order valence-corrected chi connectivity index (χ1v) is 5.48. The zero-order valence-corrected chi connectivity index (χ0v) is 10.4. The van der Waals surface area contributed by atoms with Gasteiger partial charge < -0.3 is 4.98 Å². The maximum absolute atomic E-state index is 5.21. The number of nitrogens with one attached hydrogen (secondary N) is 1. The molecule has 3 nitrogen and oxygen atoms in total. The molecular weight excluding hydrogens is 218 g/mol. The summed E-state index contributed by atoms with van der Waals surface area (Å²) in [5.41, 5.74) is 4.18. The molecule has 2 aromatic heterocycles. The van der Waals surface area contributed by atoms with Crippen molar-refractivity contribution in [3.8, 4) is 11.3 Å². The maximum atomic E-state index is 5.21. The Bertz CT molecular complexity index is 587. The summed E-state index contributed by atoms with van der Waals surface area (Å²) in [4.78, 5) is 11.6. The standard InChI is InChI=1S/C12H13N3S/c1-7-4-10(6-13-5-7)11-8(2)12(16)15-9(3)14-11/h4-6H,1-3H3,(H,14,15,16). The third-order valence-electron chi connectivity index (χ3n) is 2.43. The lowest BCUT2D eigenvalue weighted by molar-refractivity contribution is 1.02. The van der Waals surface area contributed by atoms with Crippen LogP contribution in [0.4, 0.5) is 0 Å². The summed E-state index contributed by atoms with van der Waals surface area (Å²) in [7, 11) is 0. The van der Waals surface area contributed by atoms with Crippen molar-refractivity contribution in [2.75, 3.05) is 0 Å². The molecule has 0 aliphatic carbocycles. The zero-order chi connectivity index (χ0) is 11.7. The monoisotopic (exact) mass is 231 g/mol. The van der Waals surface area contributed by atoms with Gasteiger partial charge in [0.2, 0.25) is 0 Å². The smallest absolute Gasteiger partial charge is 0.133 e. The fourth-order valence-electron chi connectivity index (χ4n) is 1.63. The normalized spacial score (nSPS) is 10.4. The molecule has 0 saturated carbocycles. The van der Waals surface area contributed by atoms with Crippen LogP contribution in [-0.4, -0.2) is 15.0 Å². The summed E-state index contributed by atoms with van der Waals surface area (Å²) in [6.07, 6.45) is 3.67. The van der Waals surface area contributed by atoms with Crippen molar-refractivity contribution in [2.24, 2.45) is 0 Å². The minimum absolute atomic E-state index is 0.646. The van der Waals surface area contributed by atoms with Crippen LogP contribution in [0.25, 0.3) is 11.3 Å². The summed E-state index contributed by atoms with van der Waals surface area (Å²) >= 11 is 5.21. The van der Waals surface area contributed by atoms with Crippen molar-refractivity contribution < 1.29 is 0 Å². The van der Waals surface area contributed by atoms with E-state index in [9.17, 15) is 0 Å². The number of rotatable bonds is 1. The van der Waals surface area contributed by atoms with Crippen LogP contribution >= 0.6 is 12.2 Å². The Morgan fingerprint density at radius 1 is 1.19 bits per heavy atom. The SMILES string of the molecule is Cc1cncc(-c2[nH]c(C)nc(=S)c2C)c1. The lowest BCUT2D eigenvalue weighted by Gasteiger charge is -2.07. The van der Waals surface area contributed by atoms with Gasteiger partial charge in [0.05, 0.1) is 5.69 Å². The summed E-state index contributed by atoms with van der Waals surface area (Å²) in [5, 5.41) is 0. The fraction of sp³-hybridized carbons (Fsp3) is 0.250. The van der Waals surface area contributed by atoms with Gasteiger partial charge in [-0.2, -0.15) is 0 Å². The number of nitrogens with zero attached hydrogens (tertiary/aromatic N) is 2. The van der Waals surface area contributed by atoms with Crippen molar-refractivity contribution in [2.45, 2.75) is 20.8 Å². The number of aromatic nitrogens is 3. The first-order valence-electron chi connectivity index (χ1n) is 5.07. The maximum Gasteiger partial charge on any atom is 0.133 e. The van der Waals surface area contributed by atoms with Crippen LogP contribution < -0.4 is 0 Å². The van der Waals surface area contributed by atoms with Crippen LogP contribution in [-0.2, 0) is 0 Å². The molecule has 0 atom stereocenters. The quantitative estimate of drug-likeness (QED) is 0.767. The molecule has 2 heterocycles. The van der Waals surface area contributed by atoms with E-state index in [-0.39, 0.29) is 0 Å². The minimum Gasteiger partial charge on any atom is -0.343 e. The molecule has 0 radical (unpaired) electrons. The Kier molecular flexibility index (Phi) is 2.83. The number of aromatic amines is 1. The second kappa shape index (κ2) is 4.14. The second-order valence-electron chi connectivity index (χ2n) is 3.88. The van der Waals surface area contributed by atoms with Crippen molar-refractivity contribution in [1.29, 1.82) is 0 Å². The van der Waals surface area contributed by atoms with E-state index in [1.54, 1.807) is 0 Å². The van der Waals surface area contributed by atoms with Gasteiger partial charge in [0.25, 0.3) is 0 Å². The Morgan fingerprint density at radius 3 is 2.62 bits per heavy atom. The number of pyridine rings is 1. The van der Waals surface area contributed by atoms with Crippen molar-refractivity contribution in [1.82, 2.24) is 15.0 Å². The molecule has 4 heteroatoms. The van der Waals surface area contributed by atoms with Gasteiger partial charge in [-0.3, -0.25) is 4.98 Å². The molecule has 16 heavy (non-hydrogen) atoms. The molecule has 2 aromatic rings. The Morgan fingerprint density at radius 2 is 1.94 bits per heavy atom. The minimum atomic E-state index is 0.646. The highest BCUT2D eigenvalue weighted by Gasteiger charge is 2.05. The molecule has 0 spiro atoms. The van der Waals surface area contributed by atoms with Gasteiger partial charge >= 0.3 is 0 Å². The van der Waals surface area contributed by atoms with Gasteiger partial charge in [0.15, 0.2) is 0 Å². The Hall–Kier alpha value is -1.55. The highest BCUT2D eigenvalue weighted by molar-refractivity contribution is 7.71. The summed E-state index contributed by atoms with van der Waals surface area (Å²) in [5.74, 6) is 0.826. The van der Waals surface area contributed by atoms with Crippen molar-refractivity contribution in [3.63, 3.8) is 0 Å². The van der Waals surface area contributed by atoms with E-state index in [0.717, 1.165) is 28.2 Å². The molecule has 0 unspecified atom stereocenters. The van der Waals surface area contributed by atoms with Gasteiger partial charge in [-0.05, 0) is 32.4 Å². The highest BCUT2D eigenvalue weighted by Crippen LogP contribution is 2.21. The number of hydrogen-bond acceptors (Lipinski definition) is 3. The van der Waals surface area contributed by atoms with Crippen LogP contribution in [0.15, 0.2) is 18.5 Å². The van der Waals surface area contributed by atoms with Crippen LogP contribution in [0.3, 0.4) is 0 Å². The molecule has 0 aliphatic heterocycles. The number of aryl methyl sites for hydroxylation is 2. The molecule has 0 saturated heterocycles. The first-order chi connectivity index (χ1) is 7.58. The molecule has 2 rings (SSSR count). The van der Waals surface area contributed by atoms with Crippen LogP contribution in [0.5, 0.6) is 0 Å². The summed E-state index contributed by atoms with van der Waals surface area (Å²) in [6, 6.07) is 2.08. The van der Waals surface area contributed by atoms with Gasteiger partial charge in [0, 0.05) is 23.5 Å². The zero-order valence-electron chi connectivity index (χ0n) is 9.53. The molecule has 0 aliphatic rings. The highest BCUT2D eigenvalue weighted by atomic mass is 32.1. The average Bonchev–Trinajstić information content (AvgIpc) is 2.23. The van der Waals surface area contributed by atoms with E-state index in [1.165, 1.54) is 0 Å². The molecule has 0 amide bonds. The number of hydrogen-bond donors (Lipinski definition) is 1. The lowest BCUT2D eigenvalue weighted by Crippen LogP contribution is -1.97. The Labute approximate surface area is 99.6 Å². The van der Waals surface area contributed by atoms with Gasteiger partial charge in [-0.25, -0.2) is 4.98 Å². The van der Waals surface area contributed by atoms with E-state index in [4.69, 9.17) is 12.2 Å². The molecular formula is C12H13N3S. The molecule has 0 fully saturated rings. The predicted octanol–water partition coefficient (Wildman–Crippen LogP) is 3.13. The predicted molar refractivity (Wildman–Crippen MR) is 66.9 cm³/mol. The summed E-state index contributed by atoms with van der Waals surface area (Å²) < 4.78 is 0.646. The lowest BCUT2D eigenvalue weighted by atomic mass is 10.1. The number of H-pyrrole nitrogens is 1. The van der Waals surface area contributed by atoms with Crippen molar-refractivity contribution in [3.05, 3.63) is 40.1 Å². The summed E-state index contributed by atoms with van der Waals surface area (Å²) in [6.45, 7) is 5.90. The van der Waals surface area contributed by atoms with E-state index >= 15 is 0 Å². The van der Waals surface area contributed by atoms with Gasteiger partial charge in [-0.15, -0.1) is 0 Å². The average molecular weight is 231 g/mol. The molecule has 0 bridgehead atoms. The molecule has 0 aromatic carbocycles. The van der Waals surface area contributed by atoms with Gasteiger partial charge in [-0.1, -0.05) is 12.2 Å². The molecule has 1 N–H and O–H groups in total. The van der Waals surface area contributed by atoms with E-state index in [0.29, 0.717) is 4.64 Å². The largest absolute Gasteiger partial charge is 0.343 e. The van der Waals surface area contributed by atoms with Crippen molar-refractivity contribution >= 4 is 12.2 Å².